The number of ether oxygens (including phenoxy) is 1. The number of nitrogens with one attached hydrogen (secondary N) is 1. The van der Waals surface area contributed by atoms with E-state index in [0.717, 1.165) is 18.7 Å². The Bertz CT molecular complexity index is 358. The van der Waals surface area contributed by atoms with Crippen molar-refractivity contribution in [2.24, 2.45) is 0 Å². The van der Waals surface area contributed by atoms with E-state index in [0.29, 0.717) is 24.7 Å². The second-order valence-electron chi connectivity index (χ2n) is 4.07. The van der Waals surface area contributed by atoms with Crippen molar-refractivity contribution in [3.05, 3.63) is 18.2 Å². The molecule has 0 aliphatic heterocycles. The summed E-state index contributed by atoms with van der Waals surface area (Å²) in [6.07, 6.45) is 1.05. The third kappa shape index (κ3) is 4.09. The van der Waals surface area contributed by atoms with Gasteiger partial charge in [0.25, 0.3) is 0 Å². The van der Waals surface area contributed by atoms with Crippen LogP contribution in [0.25, 0.3) is 0 Å². The van der Waals surface area contributed by atoms with Crippen LogP contribution in [0.2, 0.25) is 0 Å². The molecule has 1 aromatic rings. The van der Waals surface area contributed by atoms with Crippen molar-refractivity contribution in [2.75, 3.05) is 44.1 Å². The summed E-state index contributed by atoms with van der Waals surface area (Å²) >= 11 is 0. The maximum atomic E-state index is 8.78. The van der Waals surface area contributed by atoms with Crippen molar-refractivity contribution in [3.63, 3.8) is 0 Å². The molecule has 0 heterocycles. The smallest absolute Gasteiger partial charge is 0.143 e. The fourth-order valence-electron chi connectivity index (χ4n) is 1.76. The van der Waals surface area contributed by atoms with Gasteiger partial charge in [-0.25, -0.2) is 0 Å². The van der Waals surface area contributed by atoms with E-state index < -0.39 is 0 Å². The molecular weight excluding hydrogens is 230 g/mol. The third-order valence-corrected chi connectivity index (χ3v) is 2.67. The average molecular weight is 253 g/mol. The summed E-state index contributed by atoms with van der Waals surface area (Å²) in [5, 5.41) is 12.0. The van der Waals surface area contributed by atoms with Crippen LogP contribution in [0.4, 0.5) is 11.4 Å². The van der Waals surface area contributed by atoms with Crippen LogP contribution in [-0.4, -0.2) is 38.6 Å². The highest BCUT2D eigenvalue weighted by atomic mass is 16.5. The molecule has 0 aliphatic carbocycles. The second kappa shape index (κ2) is 7.79. The molecule has 4 N–H and O–H groups in total. The van der Waals surface area contributed by atoms with E-state index in [2.05, 4.69) is 17.1 Å². The van der Waals surface area contributed by atoms with Gasteiger partial charge >= 0.3 is 0 Å². The molecule has 0 saturated carbocycles. The van der Waals surface area contributed by atoms with Gasteiger partial charge in [-0.1, -0.05) is 6.92 Å². The molecule has 0 radical (unpaired) electrons. The number of rotatable bonds is 8. The Labute approximate surface area is 109 Å². The summed E-state index contributed by atoms with van der Waals surface area (Å²) in [6.45, 7) is 4.50. The Morgan fingerprint density at radius 1 is 1.44 bits per heavy atom. The van der Waals surface area contributed by atoms with Gasteiger partial charge in [0.15, 0.2) is 0 Å². The monoisotopic (exact) mass is 253 g/mol. The van der Waals surface area contributed by atoms with Crippen LogP contribution in [0.1, 0.15) is 13.3 Å². The number of nitrogens with zero attached hydrogens (tertiary/aromatic N) is 1. The number of hydrogen-bond acceptors (Lipinski definition) is 5. The highest BCUT2D eigenvalue weighted by Crippen LogP contribution is 2.27. The maximum Gasteiger partial charge on any atom is 0.143 e. The SMILES string of the molecule is CCCN(CNCCO)c1ccc(N)c(OC)c1. The molecule has 1 aromatic carbocycles. The molecule has 0 saturated heterocycles. The van der Waals surface area contributed by atoms with Gasteiger partial charge in [0.05, 0.1) is 26.1 Å². The first-order valence-corrected chi connectivity index (χ1v) is 6.23. The van der Waals surface area contributed by atoms with E-state index in [1.54, 1.807) is 7.11 Å². The zero-order valence-electron chi connectivity index (χ0n) is 11.1. The zero-order chi connectivity index (χ0) is 13.4. The van der Waals surface area contributed by atoms with Gasteiger partial charge in [-0.2, -0.15) is 0 Å². The number of nitrogens with two attached hydrogens (primary N) is 1. The minimum atomic E-state index is 0.144. The first-order valence-electron chi connectivity index (χ1n) is 6.23. The lowest BCUT2D eigenvalue weighted by Crippen LogP contribution is -2.36. The number of benzene rings is 1. The van der Waals surface area contributed by atoms with E-state index in [1.807, 2.05) is 18.2 Å². The molecule has 0 amide bonds. The van der Waals surface area contributed by atoms with E-state index in [1.165, 1.54) is 0 Å². The average Bonchev–Trinajstić information content (AvgIpc) is 2.39. The highest BCUT2D eigenvalue weighted by molar-refractivity contribution is 5.62. The number of aliphatic hydroxyl groups is 1. The minimum Gasteiger partial charge on any atom is -0.495 e. The van der Waals surface area contributed by atoms with Gasteiger partial charge in [-0.05, 0) is 18.6 Å². The summed E-state index contributed by atoms with van der Waals surface area (Å²) in [7, 11) is 1.61. The van der Waals surface area contributed by atoms with Crippen molar-refractivity contribution in [1.29, 1.82) is 0 Å². The molecule has 0 bridgehead atoms. The standard InChI is InChI=1S/C13H23N3O2/c1-3-7-16(10-15-6-8-17)11-4-5-12(14)13(9-11)18-2/h4-5,9,15,17H,3,6-8,10,14H2,1-2H3. The normalized spacial score (nSPS) is 10.4. The summed E-state index contributed by atoms with van der Waals surface area (Å²) in [5.74, 6) is 0.691. The maximum absolute atomic E-state index is 8.78. The molecule has 18 heavy (non-hydrogen) atoms. The molecule has 0 spiro atoms. The molecule has 102 valence electrons. The Morgan fingerprint density at radius 2 is 2.22 bits per heavy atom. The van der Waals surface area contributed by atoms with Crippen molar-refractivity contribution < 1.29 is 9.84 Å². The Balaban J connectivity index is 2.77. The Kier molecular flexibility index (Phi) is 6.32. The van der Waals surface area contributed by atoms with Crippen LogP contribution in [0.5, 0.6) is 5.75 Å². The fourth-order valence-corrected chi connectivity index (χ4v) is 1.76. The zero-order valence-corrected chi connectivity index (χ0v) is 11.1. The number of methoxy groups -OCH3 is 1. The molecule has 5 heteroatoms. The van der Waals surface area contributed by atoms with Crippen LogP contribution in [-0.2, 0) is 0 Å². The van der Waals surface area contributed by atoms with E-state index in [4.69, 9.17) is 15.6 Å². The number of anilines is 2. The third-order valence-electron chi connectivity index (χ3n) is 2.67. The predicted octanol–water partition coefficient (Wildman–Crippen LogP) is 1.03. The fraction of sp³-hybridized carbons (Fsp3) is 0.538. The summed E-state index contributed by atoms with van der Waals surface area (Å²) < 4.78 is 5.23. The highest BCUT2D eigenvalue weighted by Gasteiger charge is 2.08. The lowest BCUT2D eigenvalue weighted by Gasteiger charge is -2.25. The summed E-state index contributed by atoms with van der Waals surface area (Å²) in [4.78, 5) is 2.19. The van der Waals surface area contributed by atoms with E-state index in [9.17, 15) is 0 Å². The van der Waals surface area contributed by atoms with Gasteiger partial charge in [-0.15, -0.1) is 0 Å². The molecule has 1 rings (SSSR count). The first kappa shape index (κ1) is 14.6. The first-order chi connectivity index (χ1) is 8.72. The number of aliphatic hydroxyl groups excluding tert-OH is 1. The van der Waals surface area contributed by atoms with Crippen molar-refractivity contribution in [3.8, 4) is 5.75 Å². The van der Waals surface area contributed by atoms with Gasteiger partial charge in [0.2, 0.25) is 0 Å². The Hall–Kier alpha value is -1.46. The van der Waals surface area contributed by atoms with Gasteiger partial charge in [0.1, 0.15) is 5.75 Å². The lowest BCUT2D eigenvalue weighted by molar-refractivity contribution is 0.292. The van der Waals surface area contributed by atoms with E-state index >= 15 is 0 Å². The molecule has 0 atom stereocenters. The summed E-state index contributed by atoms with van der Waals surface area (Å²) in [5.41, 5.74) is 7.51. The molecule has 0 aliphatic rings. The Morgan fingerprint density at radius 3 is 2.83 bits per heavy atom. The van der Waals surface area contributed by atoms with Crippen LogP contribution in [0, 0.1) is 0 Å². The van der Waals surface area contributed by atoms with Gasteiger partial charge in [-0.3, -0.25) is 5.32 Å². The van der Waals surface area contributed by atoms with Crippen LogP contribution in [0.15, 0.2) is 18.2 Å². The molecule has 0 fully saturated rings. The lowest BCUT2D eigenvalue weighted by atomic mass is 10.2. The second-order valence-corrected chi connectivity index (χ2v) is 4.07. The molecule has 5 nitrogen and oxygen atoms in total. The van der Waals surface area contributed by atoms with Gasteiger partial charge < -0.3 is 20.5 Å². The molecule has 0 aromatic heterocycles. The van der Waals surface area contributed by atoms with Crippen molar-refractivity contribution in [2.45, 2.75) is 13.3 Å². The molecule has 0 unspecified atom stereocenters. The topological polar surface area (TPSA) is 70.8 Å². The largest absolute Gasteiger partial charge is 0.495 e. The van der Waals surface area contributed by atoms with E-state index in [-0.39, 0.29) is 6.61 Å². The van der Waals surface area contributed by atoms with Crippen LogP contribution in [0.3, 0.4) is 0 Å². The quantitative estimate of drug-likeness (QED) is 0.367. The predicted molar refractivity (Wildman–Crippen MR) is 75.0 cm³/mol. The van der Waals surface area contributed by atoms with Crippen LogP contribution < -0.4 is 20.7 Å². The van der Waals surface area contributed by atoms with Crippen molar-refractivity contribution >= 4 is 11.4 Å². The van der Waals surface area contributed by atoms with Gasteiger partial charge in [0, 0.05) is 24.8 Å². The minimum absolute atomic E-state index is 0.144. The van der Waals surface area contributed by atoms with Crippen LogP contribution >= 0.6 is 0 Å². The summed E-state index contributed by atoms with van der Waals surface area (Å²) in [6, 6.07) is 5.77. The molecular formula is C13H23N3O2. The van der Waals surface area contributed by atoms with Crippen molar-refractivity contribution in [1.82, 2.24) is 5.32 Å². The number of nitrogen functional groups attached to an aromatic ring is 1. The number of hydrogen-bond donors (Lipinski definition) is 3.